The van der Waals surface area contributed by atoms with Crippen LogP contribution in [0.15, 0.2) is 18.2 Å². The zero-order valence-corrected chi connectivity index (χ0v) is 12.7. The topological polar surface area (TPSA) is 74.0 Å². The highest BCUT2D eigenvalue weighted by Crippen LogP contribution is 2.35. The number of ether oxygens (including phenoxy) is 3. The van der Waals surface area contributed by atoms with E-state index >= 15 is 0 Å². The third-order valence-corrected chi connectivity index (χ3v) is 3.93. The molecule has 1 aromatic rings. The van der Waals surface area contributed by atoms with Gasteiger partial charge in [-0.2, -0.15) is 0 Å². The number of carbonyl (C=O) groups excluding carboxylic acids is 1. The molecule has 1 aliphatic heterocycles. The van der Waals surface area contributed by atoms with E-state index in [4.69, 9.17) is 19.9 Å². The molecule has 0 amide bonds. The molecule has 1 fully saturated rings. The Morgan fingerprint density at radius 2 is 2.10 bits per heavy atom. The summed E-state index contributed by atoms with van der Waals surface area (Å²) in [5.41, 5.74) is 6.92. The first-order valence-corrected chi connectivity index (χ1v) is 6.91. The molecular weight excluding hydrogens is 272 g/mol. The molecule has 1 aromatic carbocycles. The fraction of sp³-hybridized carbons (Fsp3) is 0.533. The minimum absolute atomic E-state index is 0.0873. The number of nitrogens with two attached hydrogens (primary N) is 1. The Morgan fingerprint density at radius 1 is 1.33 bits per heavy atom. The lowest BCUT2D eigenvalue weighted by molar-refractivity contribution is -0.143. The molecule has 2 rings (SSSR count). The molecule has 0 saturated carbocycles. The molecule has 0 aromatic heterocycles. The quantitative estimate of drug-likeness (QED) is 0.818. The summed E-state index contributed by atoms with van der Waals surface area (Å²) in [4.78, 5) is 13.7. The van der Waals surface area contributed by atoms with Crippen LogP contribution in [0.2, 0.25) is 0 Å². The molecule has 0 aliphatic carbocycles. The molecule has 0 radical (unpaired) electrons. The molecule has 0 spiro atoms. The Kier molecular flexibility index (Phi) is 4.90. The molecule has 2 atom stereocenters. The van der Waals surface area contributed by atoms with Crippen LogP contribution in [-0.4, -0.2) is 46.4 Å². The van der Waals surface area contributed by atoms with E-state index in [1.807, 2.05) is 18.2 Å². The lowest BCUT2D eigenvalue weighted by Gasteiger charge is -2.23. The molecule has 6 nitrogen and oxygen atoms in total. The van der Waals surface area contributed by atoms with Gasteiger partial charge in [-0.1, -0.05) is 0 Å². The maximum Gasteiger partial charge on any atom is 0.322 e. The van der Waals surface area contributed by atoms with Gasteiger partial charge in [0.1, 0.15) is 17.5 Å². The van der Waals surface area contributed by atoms with Crippen molar-refractivity contribution in [1.82, 2.24) is 0 Å². The van der Waals surface area contributed by atoms with E-state index in [2.05, 4.69) is 4.90 Å². The van der Waals surface area contributed by atoms with Crippen LogP contribution in [0, 0.1) is 5.92 Å². The zero-order chi connectivity index (χ0) is 15.4. The molecule has 1 saturated heterocycles. The van der Waals surface area contributed by atoms with Crippen molar-refractivity contribution in [3.05, 3.63) is 18.2 Å². The highest BCUT2D eigenvalue weighted by molar-refractivity contribution is 5.76. The number of nitrogens with zero attached hydrogens (tertiary/aromatic N) is 1. The number of anilines is 1. The third-order valence-electron chi connectivity index (χ3n) is 3.93. The summed E-state index contributed by atoms with van der Waals surface area (Å²) in [6.07, 6.45) is 0.853. The normalized spacial score (nSPS) is 19.2. The smallest absolute Gasteiger partial charge is 0.322 e. The lowest BCUT2D eigenvalue weighted by atomic mass is 10.00. The van der Waals surface area contributed by atoms with Crippen molar-refractivity contribution >= 4 is 11.7 Å². The minimum atomic E-state index is -0.579. The molecule has 116 valence electrons. The fourth-order valence-electron chi connectivity index (χ4n) is 2.67. The molecule has 6 heteroatoms. The maximum absolute atomic E-state index is 11.5. The first kappa shape index (κ1) is 15.4. The summed E-state index contributed by atoms with van der Waals surface area (Å²) in [5, 5.41) is 0. The maximum atomic E-state index is 11.5. The summed E-state index contributed by atoms with van der Waals surface area (Å²) in [7, 11) is 4.61. The Bertz CT molecular complexity index is 506. The van der Waals surface area contributed by atoms with Crippen molar-refractivity contribution in [3.63, 3.8) is 0 Å². The van der Waals surface area contributed by atoms with Crippen LogP contribution in [0.25, 0.3) is 0 Å². The molecule has 1 heterocycles. The van der Waals surface area contributed by atoms with Gasteiger partial charge in [0.15, 0.2) is 0 Å². The standard InChI is InChI=1S/C15H22N2O4/c1-19-11-4-5-12(13(8-11)20-2)17-7-6-10(9-17)14(16)15(18)21-3/h4-5,8,10,14H,6-7,9,16H2,1-3H3. The van der Waals surface area contributed by atoms with Crippen LogP contribution in [-0.2, 0) is 9.53 Å². The highest BCUT2D eigenvalue weighted by atomic mass is 16.5. The van der Waals surface area contributed by atoms with Crippen molar-refractivity contribution in [2.75, 3.05) is 39.3 Å². The van der Waals surface area contributed by atoms with E-state index in [-0.39, 0.29) is 11.9 Å². The minimum Gasteiger partial charge on any atom is -0.497 e. The van der Waals surface area contributed by atoms with Gasteiger partial charge in [-0.15, -0.1) is 0 Å². The summed E-state index contributed by atoms with van der Waals surface area (Å²) in [6.45, 7) is 1.54. The van der Waals surface area contributed by atoms with E-state index in [0.29, 0.717) is 6.54 Å². The third kappa shape index (κ3) is 3.21. The van der Waals surface area contributed by atoms with Crippen LogP contribution in [0.4, 0.5) is 5.69 Å². The Balaban J connectivity index is 2.12. The molecule has 0 bridgehead atoms. The predicted molar refractivity (Wildman–Crippen MR) is 79.9 cm³/mol. The second kappa shape index (κ2) is 6.67. The van der Waals surface area contributed by atoms with Gasteiger partial charge in [-0.3, -0.25) is 4.79 Å². The van der Waals surface area contributed by atoms with Gasteiger partial charge < -0.3 is 24.8 Å². The van der Waals surface area contributed by atoms with Crippen LogP contribution in [0.3, 0.4) is 0 Å². The van der Waals surface area contributed by atoms with Crippen molar-refractivity contribution in [3.8, 4) is 11.5 Å². The molecule has 2 N–H and O–H groups in total. The number of hydrogen-bond acceptors (Lipinski definition) is 6. The van der Waals surface area contributed by atoms with Gasteiger partial charge in [-0.25, -0.2) is 0 Å². The van der Waals surface area contributed by atoms with Gasteiger partial charge in [0, 0.05) is 25.1 Å². The van der Waals surface area contributed by atoms with Crippen molar-refractivity contribution < 1.29 is 19.0 Å². The van der Waals surface area contributed by atoms with E-state index < -0.39 is 6.04 Å². The molecular formula is C15H22N2O4. The average Bonchev–Trinajstić information content (AvgIpc) is 3.02. The van der Waals surface area contributed by atoms with E-state index in [0.717, 1.165) is 30.2 Å². The number of carbonyl (C=O) groups is 1. The van der Waals surface area contributed by atoms with Gasteiger partial charge in [-0.05, 0) is 18.6 Å². The van der Waals surface area contributed by atoms with Gasteiger partial charge in [0.05, 0.1) is 27.0 Å². The molecule has 1 aliphatic rings. The summed E-state index contributed by atoms with van der Waals surface area (Å²) < 4.78 is 15.3. The van der Waals surface area contributed by atoms with Crippen molar-refractivity contribution in [2.45, 2.75) is 12.5 Å². The largest absolute Gasteiger partial charge is 0.497 e. The second-order valence-electron chi connectivity index (χ2n) is 5.08. The van der Waals surface area contributed by atoms with Crippen LogP contribution in [0.5, 0.6) is 11.5 Å². The zero-order valence-electron chi connectivity index (χ0n) is 12.7. The van der Waals surface area contributed by atoms with Crippen molar-refractivity contribution in [1.29, 1.82) is 0 Å². The van der Waals surface area contributed by atoms with Gasteiger partial charge in [0.25, 0.3) is 0 Å². The summed E-state index contributed by atoms with van der Waals surface area (Å²) in [5.74, 6) is 1.23. The predicted octanol–water partition coefficient (Wildman–Crippen LogP) is 1.03. The Labute approximate surface area is 124 Å². The Hall–Kier alpha value is -1.95. The van der Waals surface area contributed by atoms with Gasteiger partial charge >= 0.3 is 5.97 Å². The number of hydrogen-bond donors (Lipinski definition) is 1. The van der Waals surface area contributed by atoms with Crippen LogP contribution in [0.1, 0.15) is 6.42 Å². The first-order valence-electron chi connectivity index (χ1n) is 6.91. The second-order valence-corrected chi connectivity index (χ2v) is 5.08. The SMILES string of the molecule is COC(=O)C(N)C1CCN(c2ccc(OC)cc2OC)C1. The summed E-state index contributed by atoms with van der Waals surface area (Å²) in [6, 6.07) is 5.13. The summed E-state index contributed by atoms with van der Waals surface area (Å²) >= 11 is 0. The number of benzene rings is 1. The average molecular weight is 294 g/mol. The molecule has 2 unspecified atom stereocenters. The molecule has 21 heavy (non-hydrogen) atoms. The lowest BCUT2D eigenvalue weighted by Crippen LogP contribution is -2.40. The van der Waals surface area contributed by atoms with Crippen LogP contribution < -0.4 is 20.1 Å². The Morgan fingerprint density at radius 3 is 2.71 bits per heavy atom. The van der Waals surface area contributed by atoms with Crippen molar-refractivity contribution in [2.24, 2.45) is 11.7 Å². The van der Waals surface area contributed by atoms with E-state index in [1.165, 1.54) is 7.11 Å². The van der Waals surface area contributed by atoms with Gasteiger partial charge in [0.2, 0.25) is 0 Å². The van der Waals surface area contributed by atoms with Crippen LogP contribution >= 0.6 is 0 Å². The van der Waals surface area contributed by atoms with E-state index in [9.17, 15) is 4.79 Å². The number of esters is 1. The first-order chi connectivity index (χ1) is 10.1. The van der Waals surface area contributed by atoms with E-state index in [1.54, 1.807) is 14.2 Å². The fourth-order valence-corrected chi connectivity index (χ4v) is 2.67. The highest BCUT2D eigenvalue weighted by Gasteiger charge is 2.33. The number of methoxy groups -OCH3 is 3. The number of rotatable bonds is 5. The monoisotopic (exact) mass is 294 g/mol.